The summed E-state index contributed by atoms with van der Waals surface area (Å²) in [6, 6.07) is 9.23. The second-order valence-corrected chi connectivity index (χ2v) is 3.38. The summed E-state index contributed by atoms with van der Waals surface area (Å²) >= 11 is 0. The van der Waals surface area contributed by atoms with Crippen molar-refractivity contribution in [3.8, 4) is 0 Å². The van der Waals surface area contributed by atoms with Crippen molar-refractivity contribution in [1.29, 1.82) is 0 Å². The van der Waals surface area contributed by atoms with Crippen LogP contribution in [0.3, 0.4) is 0 Å². The molecule has 0 fully saturated rings. The van der Waals surface area contributed by atoms with Crippen LogP contribution in [0.2, 0.25) is 0 Å². The normalized spacial score (nSPS) is 9.75. The molecule has 0 aliphatic heterocycles. The first-order chi connectivity index (χ1) is 7.79. The fraction of sp³-hybridized carbons (Fsp3) is 0. The van der Waals surface area contributed by atoms with Crippen LogP contribution in [0.15, 0.2) is 49.3 Å². The zero-order chi connectivity index (χ0) is 11.4. The molecule has 1 heterocycles. The van der Waals surface area contributed by atoms with Gasteiger partial charge < -0.3 is 10.3 Å². The summed E-state index contributed by atoms with van der Waals surface area (Å²) in [5.74, 6) is -0.118. The summed E-state index contributed by atoms with van der Waals surface area (Å²) in [7, 11) is 0. The lowest BCUT2D eigenvalue weighted by atomic mass is 10.2. The maximum Gasteiger partial charge on any atom is 0.257 e. The second-order valence-electron chi connectivity index (χ2n) is 3.38. The molecule has 2 rings (SSSR count). The Morgan fingerprint density at radius 2 is 2.00 bits per heavy atom. The molecule has 1 aromatic carbocycles. The number of nitrogens with one attached hydrogen (secondary N) is 2. The quantitative estimate of drug-likeness (QED) is 0.807. The minimum absolute atomic E-state index is 0.118. The van der Waals surface area contributed by atoms with Crippen molar-refractivity contribution >= 4 is 17.7 Å². The summed E-state index contributed by atoms with van der Waals surface area (Å²) in [6.07, 6.45) is 5.14. The number of amides is 1. The number of carbonyl (C=O) groups excluding carboxylic acids is 1. The Morgan fingerprint density at radius 1 is 1.25 bits per heavy atom. The molecule has 0 unspecified atom stereocenters. The van der Waals surface area contributed by atoms with Crippen LogP contribution in [0.25, 0.3) is 6.08 Å². The molecule has 0 saturated heterocycles. The molecule has 1 aromatic heterocycles. The molecule has 1 amide bonds. The molecule has 3 heteroatoms. The van der Waals surface area contributed by atoms with Gasteiger partial charge >= 0.3 is 0 Å². The summed E-state index contributed by atoms with van der Waals surface area (Å²) in [5, 5.41) is 2.80. The number of hydrogen-bond acceptors (Lipinski definition) is 1. The number of carbonyl (C=O) groups is 1. The Kier molecular flexibility index (Phi) is 2.87. The Labute approximate surface area is 93.8 Å². The molecule has 0 atom stereocenters. The van der Waals surface area contributed by atoms with Gasteiger partial charge in [-0.25, -0.2) is 0 Å². The third kappa shape index (κ3) is 2.20. The number of aromatic nitrogens is 1. The molecule has 0 saturated carbocycles. The van der Waals surface area contributed by atoms with Crippen LogP contribution >= 0.6 is 0 Å². The van der Waals surface area contributed by atoms with Gasteiger partial charge in [0.2, 0.25) is 0 Å². The lowest BCUT2D eigenvalue weighted by molar-refractivity contribution is 0.102. The van der Waals surface area contributed by atoms with E-state index in [1.807, 2.05) is 24.3 Å². The van der Waals surface area contributed by atoms with Crippen molar-refractivity contribution in [2.24, 2.45) is 0 Å². The lowest BCUT2D eigenvalue weighted by Crippen LogP contribution is -2.10. The van der Waals surface area contributed by atoms with Gasteiger partial charge in [-0.3, -0.25) is 4.79 Å². The van der Waals surface area contributed by atoms with Gasteiger partial charge in [-0.2, -0.15) is 0 Å². The molecule has 80 valence electrons. The van der Waals surface area contributed by atoms with E-state index < -0.39 is 0 Å². The smallest absolute Gasteiger partial charge is 0.257 e. The number of anilines is 1. The topological polar surface area (TPSA) is 44.9 Å². The first kappa shape index (κ1) is 10.2. The molecular formula is C13H12N2O. The third-order valence-corrected chi connectivity index (χ3v) is 2.26. The van der Waals surface area contributed by atoms with Crippen LogP contribution in [-0.2, 0) is 0 Å². The molecular weight excluding hydrogens is 200 g/mol. The number of aromatic amines is 1. The maximum absolute atomic E-state index is 11.7. The van der Waals surface area contributed by atoms with Crippen LogP contribution in [0.1, 0.15) is 15.9 Å². The minimum atomic E-state index is -0.118. The molecule has 16 heavy (non-hydrogen) atoms. The van der Waals surface area contributed by atoms with Gasteiger partial charge in [-0.05, 0) is 23.8 Å². The first-order valence-electron chi connectivity index (χ1n) is 4.96. The van der Waals surface area contributed by atoms with Crippen LogP contribution in [-0.4, -0.2) is 10.9 Å². The molecule has 0 spiro atoms. The monoisotopic (exact) mass is 212 g/mol. The van der Waals surface area contributed by atoms with Gasteiger partial charge in [0.15, 0.2) is 0 Å². The largest absolute Gasteiger partial charge is 0.367 e. The van der Waals surface area contributed by atoms with Crippen molar-refractivity contribution in [3.63, 3.8) is 0 Å². The van der Waals surface area contributed by atoms with Gasteiger partial charge in [0.25, 0.3) is 5.91 Å². The van der Waals surface area contributed by atoms with Crippen molar-refractivity contribution in [1.82, 2.24) is 4.98 Å². The highest BCUT2D eigenvalue weighted by Crippen LogP contribution is 2.11. The molecule has 3 nitrogen and oxygen atoms in total. The van der Waals surface area contributed by atoms with Gasteiger partial charge in [0.1, 0.15) is 0 Å². The highest BCUT2D eigenvalue weighted by atomic mass is 16.1. The molecule has 0 radical (unpaired) electrons. The van der Waals surface area contributed by atoms with Gasteiger partial charge in [-0.15, -0.1) is 0 Å². The Balaban J connectivity index is 2.09. The van der Waals surface area contributed by atoms with E-state index >= 15 is 0 Å². The van der Waals surface area contributed by atoms with Gasteiger partial charge in [0.05, 0.1) is 5.56 Å². The zero-order valence-corrected chi connectivity index (χ0v) is 8.73. The average molecular weight is 212 g/mol. The molecule has 0 bridgehead atoms. The van der Waals surface area contributed by atoms with E-state index in [9.17, 15) is 4.79 Å². The fourth-order valence-corrected chi connectivity index (χ4v) is 1.37. The van der Waals surface area contributed by atoms with Crippen molar-refractivity contribution < 1.29 is 4.79 Å². The SMILES string of the molecule is C=Cc1ccc(NC(=O)c2cc[nH]c2)cc1. The van der Waals surface area contributed by atoms with Gasteiger partial charge in [0, 0.05) is 18.1 Å². The summed E-state index contributed by atoms with van der Waals surface area (Å²) in [6.45, 7) is 3.67. The molecule has 2 N–H and O–H groups in total. The van der Waals surface area contributed by atoms with E-state index in [0.717, 1.165) is 11.3 Å². The van der Waals surface area contributed by atoms with Crippen molar-refractivity contribution in [2.75, 3.05) is 5.32 Å². The van der Waals surface area contributed by atoms with E-state index in [0.29, 0.717) is 5.56 Å². The predicted octanol–water partition coefficient (Wildman–Crippen LogP) is 2.91. The number of benzene rings is 1. The van der Waals surface area contributed by atoms with E-state index in [4.69, 9.17) is 0 Å². The number of H-pyrrole nitrogens is 1. The van der Waals surface area contributed by atoms with Crippen LogP contribution in [0.5, 0.6) is 0 Å². The van der Waals surface area contributed by atoms with E-state index in [1.54, 1.807) is 24.5 Å². The summed E-state index contributed by atoms with van der Waals surface area (Å²) in [5.41, 5.74) is 2.42. The fourth-order valence-electron chi connectivity index (χ4n) is 1.37. The van der Waals surface area contributed by atoms with Crippen LogP contribution in [0.4, 0.5) is 5.69 Å². The Morgan fingerprint density at radius 3 is 2.56 bits per heavy atom. The molecule has 2 aromatic rings. The van der Waals surface area contributed by atoms with Crippen LogP contribution < -0.4 is 5.32 Å². The van der Waals surface area contributed by atoms with E-state index in [-0.39, 0.29) is 5.91 Å². The highest BCUT2D eigenvalue weighted by molar-refractivity contribution is 6.04. The zero-order valence-electron chi connectivity index (χ0n) is 8.73. The van der Waals surface area contributed by atoms with E-state index in [2.05, 4.69) is 16.9 Å². The lowest BCUT2D eigenvalue weighted by Gasteiger charge is -2.03. The Hall–Kier alpha value is -2.29. The predicted molar refractivity (Wildman–Crippen MR) is 65.3 cm³/mol. The minimum Gasteiger partial charge on any atom is -0.367 e. The molecule has 0 aliphatic rings. The first-order valence-corrected chi connectivity index (χ1v) is 4.96. The number of hydrogen-bond donors (Lipinski definition) is 2. The maximum atomic E-state index is 11.7. The third-order valence-electron chi connectivity index (χ3n) is 2.26. The number of rotatable bonds is 3. The standard InChI is InChI=1S/C13H12N2O/c1-2-10-3-5-12(6-4-10)15-13(16)11-7-8-14-9-11/h2-9,14H,1H2,(H,15,16). The summed E-state index contributed by atoms with van der Waals surface area (Å²) in [4.78, 5) is 14.5. The Bertz CT molecular complexity index is 483. The second kappa shape index (κ2) is 4.49. The summed E-state index contributed by atoms with van der Waals surface area (Å²) < 4.78 is 0. The van der Waals surface area contributed by atoms with Crippen molar-refractivity contribution in [3.05, 3.63) is 60.4 Å². The highest BCUT2D eigenvalue weighted by Gasteiger charge is 2.05. The average Bonchev–Trinajstić information content (AvgIpc) is 2.83. The van der Waals surface area contributed by atoms with Crippen molar-refractivity contribution in [2.45, 2.75) is 0 Å². The van der Waals surface area contributed by atoms with E-state index in [1.165, 1.54) is 0 Å². The van der Waals surface area contributed by atoms with Gasteiger partial charge in [-0.1, -0.05) is 24.8 Å². The van der Waals surface area contributed by atoms with Crippen LogP contribution in [0, 0.1) is 0 Å². The molecule has 0 aliphatic carbocycles.